The largest absolute Gasteiger partial charge is 0.366 e. The van der Waals surface area contributed by atoms with Gasteiger partial charge in [-0.25, -0.2) is 4.68 Å². The van der Waals surface area contributed by atoms with E-state index in [4.69, 9.17) is 17.3 Å². The normalized spacial score (nSPS) is 10.4. The lowest BCUT2D eigenvalue weighted by atomic mass is 10.3. The molecule has 0 saturated heterocycles. The van der Waals surface area contributed by atoms with E-state index in [0.717, 1.165) is 11.7 Å². The molecule has 72 valence electrons. The molecule has 8 heteroatoms. The van der Waals surface area contributed by atoms with Gasteiger partial charge in [0.05, 0.1) is 23.5 Å². The molecule has 2 aromatic heterocycles. The first-order chi connectivity index (χ1) is 6.68. The van der Waals surface area contributed by atoms with Crippen LogP contribution in [0.25, 0.3) is 5.82 Å². The number of carbonyl (C=O) groups is 1. The third kappa shape index (κ3) is 1.47. The molecule has 2 rings (SSSR count). The lowest BCUT2D eigenvalue weighted by Gasteiger charge is -1.92. The third-order valence-electron chi connectivity index (χ3n) is 1.52. The first kappa shape index (κ1) is 9.10. The zero-order valence-corrected chi connectivity index (χ0v) is 8.29. The van der Waals surface area contributed by atoms with Crippen LogP contribution >= 0.6 is 23.3 Å². The molecule has 14 heavy (non-hydrogen) atoms. The third-order valence-corrected chi connectivity index (χ3v) is 2.39. The molecule has 0 aromatic carbocycles. The average Bonchev–Trinajstić information content (AvgIpc) is 2.71. The Morgan fingerprint density at radius 1 is 1.57 bits per heavy atom. The minimum atomic E-state index is -0.546. The second-order valence-corrected chi connectivity index (χ2v) is 3.30. The number of carbonyl (C=O) groups excluding carboxylic acids is 1. The summed E-state index contributed by atoms with van der Waals surface area (Å²) in [5.41, 5.74) is 5.36. The van der Waals surface area contributed by atoms with Crippen LogP contribution in [0.15, 0.2) is 12.4 Å². The predicted molar refractivity (Wildman–Crippen MR) is 50.6 cm³/mol. The number of amides is 1. The lowest BCUT2D eigenvalue weighted by molar-refractivity contribution is 0.100. The van der Waals surface area contributed by atoms with Crippen molar-refractivity contribution in [3.63, 3.8) is 0 Å². The molecule has 0 unspecified atom stereocenters. The number of primary amides is 1. The number of nitrogens with two attached hydrogens (primary N) is 1. The molecule has 0 bridgehead atoms. The summed E-state index contributed by atoms with van der Waals surface area (Å²) in [6.45, 7) is 0. The maximum atomic E-state index is 10.8. The van der Waals surface area contributed by atoms with Crippen LogP contribution in [-0.2, 0) is 0 Å². The Balaban J connectivity index is 2.43. The van der Waals surface area contributed by atoms with E-state index in [1.165, 1.54) is 17.1 Å². The summed E-state index contributed by atoms with van der Waals surface area (Å²) in [6, 6.07) is 0. The summed E-state index contributed by atoms with van der Waals surface area (Å²) in [5, 5.41) is 4.12. The van der Waals surface area contributed by atoms with Crippen molar-refractivity contribution in [3.8, 4) is 5.82 Å². The van der Waals surface area contributed by atoms with Crippen molar-refractivity contribution in [2.75, 3.05) is 0 Å². The monoisotopic (exact) mass is 229 g/mol. The van der Waals surface area contributed by atoms with E-state index in [1.807, 2.05) is 0 Å². The zero-order valence-electron chi connectivity index (χ0n) is 6.72. The molecular formula is C6H4ClN5OS. The van der Waals surface area contributed by atoms with E-state index in [1.54, 1.807) is 0 Å². The van der Waals surface area contributed by atoms with Crippen LogP contribution in [0.3, 0.4) is 0 Å². The predicted octanol–water partition coefficient (Wildman–Crippen LogP) is 0.476. The van der Waals surface area contributed by atoms with Gasteiger partial charge in [-0.3, -0.25) is 4.79 Å². The number of hydrogen-bond donors (Lipinski definition) is 1. The zero-order chi connectivity index (χ0) is 10.1. The van der Waals surface area contributed by atoms with Crippen molar-refractivity contribution in [2.24, 2.45) is 5.73 Å². The first-order valence-corrected chi connectivity index (χ1v) is 4.62. The Kier molecular flexibility index (Phi) is 2.18. The van der Waals surface area contributed by atoms with Gasteiger partial charge in [0.1, 0.15) is 0 Å². The fourth-order valence-corrected chi connectivity index (χ4v) is 1.59. The van der Waals surface area contributed by atoms with Crippen LogP contribution < -0.4 is 5.73 Å². The molecule has 0 spiro atoms. The quantitative estimate of drug-likeness (QED) is 0.811. The minimum absolute atomic E-state index is 0.245. The molecule has 2 N–H and O–H groups in total. The van der Waals surface area contributed by atoms with Crippen molar-refractivity contribution in [2.45, 2.75) is 0 Å². The topological polar surface area (TPSA) is 86.7 Å². The highest BCUT2D eigenvalue weighted by Crippen LogP contribution is 2.16. The van der Waals surface area contributed by atoms with Crippen LogP contribution in [0.5, 0.6) is 0 Å². The molecule has 2 heterocycles. The molecule has 0 saturated carbocycles. The van der Waals surface area contributed by atoms with Gasteiger partial charge in [0.2, 0.25) is 5.82 Å². The number of hydrogen-bond acceptors (Lipinski definition) is 5. The Hall–Kier alpha value is -1.47. The Labute approximate surface area is 87.6 Å². The number of aromatic nitrogens is 4. The van der Waals surface area contributed by atoms with E-state index >= 15 is 0 Å². The van der Waals surface area contributed by atoms with Gasteiger partial charge >= 0.3 is 0 Å². The molecule has 0 aliphatic carbocycles. The first-order valence-electron chi connectivity index (χ1n) is 3.51. The molecular weight excluding hydrogens is 226 g/mol. The van der Waals surface area contributed by atoms with Crippen molar-refractivity contribution in [3.05, 3.63) is 23.1 Å². The van der Waals surface area contributed by atoms with Gasteiger partial charge in [0.25, 0.3) is 5.91 Å². The summed E-state index contributed by atoms with van der Waals surface area (Å²) in [6.07, 6.45) is 2.79. The van der Waals surface area contributed by atoms with Crippen LogP contribution in [-0.4, -0.2) is 24.4 Å². The van der Waals surface area contributed by atoms with E-state index in [0.29, 0.717) is 11.4 Å². The van der Waals surface area contributed by atoms with Crippen molar-refractivity contribution < 1.29 is 4.79 Å². The smallest absolute Gasteiger partial charge is 0.251 e. The van der Waals surface area contributed by atoms with E-state index < -0.39 is 5.91 Å². The molecule has 0 radical (unpaired) electrons. The minimum Gasteiger partial charge on any atom is -0.366 e. The lowest BCUT2D eigenvalue weighted by Crippen LogP contribution is -2.09. The van der Waals surface area contributed by atoms with E-state index in [9.17, 15) is 4.79 Å². The fourth-order valence-electron chi connectivity index (χ4n) is 0.876. The number of halogens is 1. The average molecular weight is 230 g/mol. The van der Waals surface area contributed by atoms with Crippen molar-refractivity contribution in [1.29, 1.82) is 0 Å². The van der Waals surface area contributed by atoms with Crippen molar-refractivity contribution >= 4 is 29.2 Å². The van der Waals surface area contributed by atoms with Gasteiger partial charge in [-0.2, -0.15) is 13.8 Å². The molecule has 0 atom stereocenters. The summed E-state index contributed by atoms with van der Waals surface area (Å²) in [7, 11) is 0. The summed E-state index contributed by atoms with van der Waals surface area (Å²) >= 11 is 6.69. The van der Waals surface area contributed by atoms with Crippen molar-refractivity contribution in [1.82, 2.24) is 18.5 Å². The van der Waals surface area contributed by atoms with Crippen LogP contribution in [0.4, 0.5) is 0 Å². The van der Waals surface area contributed by atoms with Crippen LogP contribution in [0.1, 0.15) is 10.4 Å². The molecule has 2 aromatic rings. The molecule has 0 fully saturated rings. The van der Waals surface area contributed by atoms with E-state index in [-0.39, 0.29) is 5.15 Å². The fraction of sp³-hybridized carbons (Fsp3) is 0. The van der Waals surface area contributed by atoms with Gasteiger partial charge < -0.3 is 5.73 Å². The molecule has 6 nitrogen and oxygen atoms in total. The second kappa shape index (κ2) is 3.35. The standard InChI is InChI=1S/C6H4ClN5OS/c7-4-6(11-14-10-4)12-2-3(1-9-12)5(8)13/h1-2H,(H2,8,13). The summed E-state index contributed by atoms with van der Waals surface area (Å²) < 4.78 is 9.02. The van der Waals surface area contributed by atoms with Gasteiger partial charge in [-0.05, 0) is 0 Å². The van der Waals surface area contributed by atoms with Gasteiger partial charge in [0, 0.05) is 6.20 Å². The maximum absolute atomic E-state index is 10.8. The number of nitrogens with zero attached hydrogens (tertiary/aromatic N) is 4. The molecule has 0 aliphatic rings. The Morgan fingerprint density at radius 3 is 2.86 bits per heavy atom. The highest BCUT2D eigenvalue weighted by molar-refractivity contribution is 6.99. The van der Waals surface area contributed by atoms with E-state index in [2.05, 4.69) is 13.8 Å². The van der Waals surface area contributed by atoms with Crippen LogP contribution in [0.2, 0.25) is 5.15 Å². The summed E-state index contributed by atoms with van der Waals surface area (Å²) in [5.74, 6) is -0.153. The summed E-state index contributed by atoms with van der Waals surface area (Å²) in [4.78, 5) is 10.8. The van der Waals surface area contributed by atoms with Gasteiger partial charge in [0.15, 0.2) is 5.15 Å². The van der Waals surface area contributed by atoms with Gasteiger partial charge in [-0.1, -0.05) is 11.6 Å². The van der Waals surface area contributed by atoms with Gasteiger partial charge in [-0.15, -0.1) is 0 Å². The number of rotatable bonds is 2. The molecule has 1 amide bonds. The SMILES string of the molecule is NC(=O)c1cnn(-c2nsnc2Cl)c1. The maximum Gasteiger partial charge on any atom is 0.251 e. The highest BCUT2D eigenvalue weighted by Gasteiger charge is 2.11. The Morgan fingerprint density at radius 2 is 2.36 bits per heavy atom. The second-order valence-electron chi connectivity index (χ2n) is 2.42. The highest BCUT2D eigenvalue weighted by atomic mass is 35.5. The Bertz CT molecular complexity index is 478. The van der Waals surface area contributed by atoms with Crippen LogP contribution in [0, 0.1) is 0 Å². The molecule has 0 aliphatic heterocycles.